The molecule has 9 heteroatoms. The van der Waals surface area contributed by atoms with E-state index in [1.54, 1.807) is 27.7 Å². The number of hydrogen-bond acceptors (Lipinski definition) is 8. The first-order valence-corrected chi connectivity index (χ1v) is 11.2. The van der Waals surface area contributed by atoms with Crippen LogP contribution in [0.4, 0.5) is 0 Å². The average molecular weight is 439 g/mol. The SMILES string of the molecule is [2H]C1([2H])N[C@]([2H])(C(=O)O[C@@H](C)CCOC(=O)C(C)(C)C)C[C@H]2C[C@@H](CCc3nn[nH]n3)CC[C@H]21. The van der Waals surface area contributed by atoms with E-state index in [-0.39, 0.29) is 30.8 Å². The van der Waals surface area contributed by atoms with Crippen LogP contribution < -0.4 is 5.32 Å². The van der Waals surface area contributed by atoms with Crippen molar-refractivity contribution < 1.29 is 23.2 Å². The second-order valence-electron chi connectivity index (χ2n) is 9.75. The monoisotopic (exact) mass is 438 g/mol. The number of rotatable bonds is 8. The number of tetrazole rings is 1. The highest BCUT2D eigenvalue weighted by atomic mass is 16.6. The number of aromatic amines is 1. The Labute approximate surface area is 188 Å². The number of esters is 2. The van der Waals surface area contributed by atoms with Gasteiger partial charge in [0.1, 0.15) is 12.1 Å². The average Bonchev–Trinajstić information content (AvgIpc) is 3.24. The van der Waals surface area contributed by atoms with Gasteiger partial charge in [0.05, 0.1) is 13.4 Å². The van der Waals surface area contributed by atoms with E-state index >= 15 is 0 Å². The molecule has 0 amide bonds. The van der Waals surface area contributed by atoms with Crippen LogP contribution in [0.2, 0.25) is 0 Å². The third kappa shape index (κ3) is 6.98. The first-order chi connectivity index (χ1) is 15.8. The van der Waals surface area contributed by atoms with Crippen molar-refractivity contribution in [1.29, 1.82) is 0 Å². The van der Waals surface area contributed by atoms with Gasteiger partial charge in [-0.2, -0.15) is 5.21 Å². The van der Waals surface area contributed by atoms with Crippen LogP contribution in [0.3, 0.4) is 0 Å². The molecule has 3 rings (SSSR count). The van der Waals surface area contributed by atoms with Crippen LogP contribution in [0.15, 0.2) is 0 Å². The fraction of sp³-hybridized carbons (Fsp3) is 0.864. The molecule has 0 spiro atoms. The van der Waals surface area contributed by atoms with Crippen molar-refractivity contribution >= 4 is 11.9 Å². The van der Waals surface area contributed by atoms with Crippen molar-refractivity contribution in [2.24, 2.45) is 23.2 Å². The van der Waals surface area contributed by atoms with Crippen LogP contribution >= 0.6 is 0 Å². The number of nitrogens with zero attached hydrogens (tertiary/aromatic N) is 3. The summed E-state index contributed by atoms with van der Waals surface area (Å²) in [6.07, 6.45) is 3.81. The summed E-state index contributed by atoms with van der Waals surface area (Å²) in [5, 5.41) is 16.6. The summed E-state index contributed by atoms with van der Waals surface area (Å²) < 4.78 is 36.5. The minimum Gasteiger partial charge on any atom is -0.465 e. The van der Waals surface area contributed by atoms with E-state index in [2.05, 4.69) is 25.9 Å². The van der Waals surface area contributed by atoms with Crippen molar-refractivity contribution in [3.05, 3.63) is 5.82 Å². The number of nitrogens with one attached hydrogen (secondary N) is 2. The van der Waals surface area contributed by atoms with E-state index < -0.39 is 30.0 Å². The Morgan fingerprint density at radius 2 is 2.10 bits per heavy atom. The number of H-pyrrole nitrogens is 1. The summed E-state index contributed by atoms with van der Waals surface area (Å²) in [5.74, 6) is -0.475. The van der Waals surface area contributed by atoms with Crippen molar-refractivity contribution in [3.8, 4) is 0 Å². The number of carbonyl (C=O) groups is 2. The maximum absolute atomic E-state index is 12.9. The van der Waals surface area contributed by atoms with Crippen LogP contribution in [0, 0.1) is 23.2 Å². The lowest BCUT2D eigenvalue weighted by Gasteiger charge is -2.42. The first-order valence-electron chi connectivity index (χ1n) is 12.7. The maximum Gasteiger partial charge on any atom is 0.323 e. The lowest BCUT2D eigenvalue weighted by Crippen LogP contribution is -2.50. The van der Waals surface area contributed by atoms with E-state index in [0.29, 0.717) is 31.0 Å². The van der Waals surface area contributed by atoms with Gasteiger partial charge in [-0.25, -0.2) is 0 Å². The molecular weight excluding hydrogens is 398 g/mol. The normalized spacial score (nSPS) is 32.6. The molecule has 2 aliphatic rings. The second kappa shape index (κ2) is 10.5. The smallest absolute Gasteiger partial charge is 0.323 e. The summed E-state index contributed by atoms with van der Waals surface area (Å²) in [6.45, 7) is 5.24. The molecule has 1 aliphatic carbocycles. The fourth-order valence-corrected chi connectivity index (χ4v) is 4.13. The molecular formula is C22H37N5O4. The van der Waals surface area contributed by atoms with Crippen molar-refractivity contribution in [2.45, 2.75) is 84.8 Å². The molecule has 1 aliphatic heterocycles. The van der Waals surface area contributed by atoms with Gasteiger partial charge in [0.25, 0.3) is 0 Å². The highest BCUT2D eigenvalue weighted by Gasteiger charge is 2.38. The number of piperidine rings is 1. The molecule has 1 saturated carbocycles. The molecule has 2 fully saturated rings. The summed E-state index contributed by atoms with van der Waals surface area (Å²) in [5.41, 5.74) is -0.608. The predicted molar refractivity (Wildman–Crippen MR) is 114 cm³/mol. The van der Waals surface area contributed by atoms with Gasteiger partial charge in [0.15, 0.2) is 5.82 Å². The van der Waals surface area contributed by atoms with Crippen LogP contribution in [0.5, 0.6) is 0 Å². The molecule has 2 N–H and O–H groups in total. The molecule has 1 aromatic rings. The van der Waals surface area contributed by atoms with Gasteiger partial charge >= 0.3 is 11.9 Å². The Morgan fingerprint density at radius 3 is 2.81 bits per heavy atom. The van der Waals surface area contributed by atoms with E-state index in [1.807, 2.05) is 0 Å². The first kappa shape index (κ1) is 19.6. The Bertz CT molecular complexity index is 848. The maximum atomic E-state index is 12.9. The van der Waals surface area contributed by atoms with Crippen molar-refractivity contribution in [2.75, 3.05) is 13.1 Å². The van der Waals surface area contributed by atoms with Crippen LogP contribution in [-0.2, 0) is 25.5 Å². The van der Waals surface area contributed by atoms with Gasteiger partial charge in [-0.15, -0.1) is 10.2 Å². The Morgan fingerprint density at radius 1 is 1.29 bits per heavy atom. The second-order valence-corrected chi connectivity index (χ2v) is 9.75. The zero-order chi connectivity index (χ0) is 25.1. The van der Waals surface area contributed by atoms with Crippen molar-refractivity contribution in [1.82, 2.24) is 25.9 Å². The van der Waals surface area contributed by atoms with E-state index in [9.17, 15) is 9.59 Å². The van der Waals surface area contributed by atoms with Crippen LogP contribution in [-0.4, -0.2) is 57.8 Å². The number of carbonyl (C=O) groups excluding carboxylic acids is 2. The lowest BCUT2D eigenvalue weighted by atomic mass is 9.69. The Kier molecular flexibility index (Phi) is 6.67. The molecule has 9 nitrogen and oxygen atoms in total. The summed E-state index contributed by atoms with van der Waals surface area (Å²) in [7, 11) is 0. The van der Waals surface area contributed by atoms with Gasteiger partial charge in [-0.3, -0.25) is 9.59 Å². The number of aryl methyl sites for hydroxylation is 1. The topological polar surface area (TPSA) is 119 Å². The van der Waals surface area contributed by atoms with Gasteiger partial charge in [-0.1, -0.05) is 11.6 Å². The van der Waals surface area contributed by atoms with Gasteiger partial charge in [0, 0.05) is 15.6 Å². The van der Waals surface area contributed by atoms with E-state index in [4.69, 9.17) is 13.6 Å². The predicted octanol–water partition coefficient (Wildman–Crippen LogP) is 2.44. The summed E-state index contributed by atoms with van der Waals surface area (Å²) >= 11 is 0. The quantitative estimate of drug-likeness (QED) is 0.594. The van der Waals surface area contributed by atoms with E-state index in [1.165, 1.54) is 0 Å². The van der Waals surface area contributed by atoms with E-state index in [0.717, 1.165) is 19.3 Å². The number of hydrogen-bond donors (Lipinski definition) is 2. The molecule has 1 saturated heterocycles. The number of fused-ring (bicyclic) bond motifs is 1. The molecule has 0 aromatic carbocycles. The molecule has 0 unspecified atom stereocenters. The molecule has 0 radical (unpaired) electrons. The zero-order valence-corrected chi connectivity index (χ0v) is 18.9. The molecule has 31 heavy (non-hydrogen) atoms. The lowest BCUT2D eigenvalue weighted by molar-refractivity contribution is -0.156. The third-order valence-electron chi connectivity index (χ3n) is 6.06. The van der Waals surface area contributed by atoms with Gasteiger partial charge in [-0.05, 0) is 77.6 Å². The fourth-order valence-electron chi connectivity index (χ4n) is 4.13. The van der Waals surface area contributed by atoms with Crippen LogP contribution in [0.1, 0.15) is 76.2 Å². The van der Waals surface area contributed by atoms with Crippen LogP contribution in [0.25, 0.3) is 0 Å². The highest BCUT2D eigenvalue weighted by Crippen LogP contribution is 2.40. The largest absolute Gasteiger partial charge is 0.465 e. The molecule has 1 aromatic heterocycles. The molecule has 0 bridgehead atoms. The third-order valence-corrected chi connectivity index (χ3v) is 6.06. The Hall–Kier alpha value is -2.03. The molecule has 174 valence electrons. The molecule has 2 heterocycles. The number of ether oxygens (including phenoxy) is 2. The summed E-state index contributed by atoms with van der Waals surface area (Å²) in [4.78, 5) is 24.8. The van der Waals surface area contributed by atoms with Crippen molar-refractivity contribution in [3.63, 3.8) is 0 Å². The highest BCUT2D eigenvalue weighted by molar-refractivity contribution is 5.76. The summed E-state index contributed by atoms with van der Waals surface area (Å²) in [6, 6.07) is -1.86. The zero-order valence-electron chi connectivity index (χ0n) is 21.9. The van der Waals surface area contributed by atoms with Gasteiger partial charge < -0.3 is 14.8 Å². The van der Waals surface area contributed by atoms with Gasteiger partial charge in [0.2, 0.25) is 0 Å². The Balaban J connectivity index is 1.55. The molecule has 5 atom stereocenters. The minimum atomic E-state index is -1.86. The number of aromatic nitrogens is 4. The standard InChI is InChI=1S/C22H37N5O4/c1-14(9-10-30-21(29)22(2,3)4)31-20(28)18-12-17-11-15(5-7-16(17)13-23-18)6-8-19-24-26-27-25-19/h14-18,23H,5-13H2,1-4H3,(H,24,25,26,27)/t14-,15+,16-,17+,18-/m0/s1/i13D2,18D. The minimum absolute atomic E-state index is 0.103.